The lowest BCUT2D eigenvalue weighted by atomic mass is 10.1. The Bertz CT molecular complexity index is 509. The quantitative estimate of drug-likeness (QED) is 0.609. The van der Waals surface area contributed by atoms with Gasteiger partial charge in [0.25, 0.3) is 5.43 Å². The number of carbonyl (C=O) groups excluding carboxylic acids is 1. The normalized spacial score (nSPS) is 14.3. The second-order valence-corrected chi connectivity index (χ2v) is 3.45. The predicted molar refractivity (Wildman–Crippen MR) is 49.2 cm³/mol. The molecule has 2 rings (SSSR count). The van der Waals surface area contributed by atoms with Gasteiger partial charge in [-0.2, -0.15) is 0 Å². The Morgan fingerprint density at radius 1 is 1.31 bits per heavy atom. The van der Waals surface area contributed by atoms with Crippen molar-refractivity contribution in [3.63, 3.8) is 0 Å². The smallest absolute Gasteiger partial charge is 0.293 e. The van der Waals surface area contributed by atoms with Gasteiger partial charge in [-0.3, -0.25) is 18.8 Å². The van der Waals surface area contributed by atoms with Gasteiger partial charge < -0.3 is 0 Å². The van der Waals surface area contributed by atoms with Gasteiger partial charge in [-0.25, -0.2) is 0 Å². The summed E-state index contributed by atoms with van der Waals surface area (Å²) in [6, 6.07) is 0. The molecule has 0 fully saturated rings. The highest BCUT2D eigenvalue weighted by Crippen LogP contribution is 2.16. The Kier molecular flexibility index (Phi) is 1.73. The number of carbonyl (C=O) groups is 1. The minimum absolute atomic E-state index is 0.115. The maximum atomic E-state index is 11.2. The SMILES string of the molecule is O=C1CC=Cc2c1s[nH]c(=O)c2=O. The van der Waals surface area contributed by atoms with E-state index in [0.29, 0.717) is 11.3 Å². The van der Waals surface area contributed by atoms with Gasteiger partial charge in [0.1, 0.15) is 0 Å². The van der Waals surface area contributed by atoms with Crippen molar-refractivity contribution in [2.24, 2.45) is 0 Å². The third-order valence-electron chi connectivity index (χ3n) is 1.78. The molecule has 0 saturated heterocycles. The summed E-state index contributed by atoms with van der Waals surface area (Å²) in [5.41, 5.74) is -1.06. The number of nitrogens with one attached hydrogen (secondary N) is 1. The monoisotopic (exact) mass is 195 g/mol. The van der Waals surface area contributed by atoms with Crippen LogP contribution in [0.25, 0.3) is 6.08 Å². The molecule has 4 nitrogen and oxygen atoms in total. The molecule has 0 aromatic carbocycles. The van der Waals surface area contributed by atoms with E-state index in [0.717, 1.165) is 11.5 Å². The van der Waals surface area contributed by atoms with Gasteiger partial charge in [-0.15, -0.1) is 0 Å². The molecule has 1 aromatic heterocycles. The highest BCUT2D eigenvalue weighted by atomic mass is 32.1. The largest absolute Gasteiger partial charge is 0.305 e. The predicted octanol–water partition coefficient (Wildman–Crippen LogP) is 0.396. The third-order valence-corrected chi connectivity index (χ3v) is 2.72. The molecule has 0 saturated carbocycles. The van der Waals surface area contributed by atoms with Gasteiger partial charge in [0.05, 0.1) is 4.88 Å². The number of hydrogen-bond donors (Lipinski definition) is 1. The molecule has 0 unspecified atom stereocenters. The molecule has 0 bridgehead atoms. The molecular formula is C8H5NO3S. The second kappa shape index (κ2) is 2.77. The summed E-state index contributed by atoms with van der Waals surface area (Å²) in [5, 5.41) is 0. The van der Waals surface area contributed by atoms with E-state index in [2.05, 4.69) is 4.37 Å². The number of Topliss-reactive ketones (excluding diaryl/α,β-unsaturated/α-hetero) is 1. The zero-order valence-corrected chi connectivity index (χ0v) is 7.31. The summed E-state index contributed by atoms with van der Waals surface area (Å²) >= 11 is 0.926. The fourth-order valence-electron chi connectivity index (χ4n) is 1.16. The van der Waals surface area contributed by atoms with E-state index in [-0.39, 0.29) is 11.3 Å². The minimum Gasteiger partial charge on any atom is -0.293 e. The molecular weight excluding hydrogens is 190 g/mol. The fourth-order valence-corrected chi connectivity index (χ4v) is 1.91. The van der Waals surface area contributed by atoms with E-state index in [1.165, 1.54) is 6.08 Å². The third kappa shape index (κ3) is 1.17. The maximum Gasteiger partial charge on any atom is 0.305 e. The Morgan fingerprint density at radius 2 is 2.08 bits per heavy atom. The number of hydrogen-bond acceptors (Lipinski definition) is 4. The van der Waals surface area contributed by atoms with Crippen molar-refractivity contribution in [2.45, 2.75) is 6.42 Å². The number of aromatic nitrogens is 1. The first-order valence-corrected chi connectivity index (χ1v) is 4.47. The van der Waals surface area contributed by atoms with Gasteiger partial charge in [0.15, 0.2) is 5.78 Å². The number of aromatic amines is 1. The van der Waals surface area contributed by atoms with E-state index >= 15 is 0 Å². The lowest BCUT2D eigenvalue weighted by Gasteiger charge is -2.04. The van der Waals surface area contributed by atoms with Crippen LogP contribution in [0.5, 0.6) is 0 Å². The summed E-state index contributed by atoms with van der Waals surface area (Å²) in [7, 11) is 0. The van der Waals surface area contributed by atoms with E-state index in [1.54, 1.807) is 6.08 Å². The van der Waals surface area contributed by atoms with E-state index < -0.39 is 11.0 Å². The van der Waals surface area contributed by atoms with Gasteiger partial charge in [0, 0.05) is 12.0 Å². The van der Waals surface area contributed by atoms with Crippen molar-refractivity contribution >= 4 is 23.4 Å². The van der Waals surface area contributed by atoms with Crippen LogP contribution in [0.4, 0.5) is 0 Å². The molecule has 5 heteroatoms. The molecule has 0 atom stereocenters. The van der Waals surface area contributed by atoms with Gasteiger partial charge in [-0.1, -0.05) is 23.7 Å². The van der Waals surface area contributed by atoms with Crippen LogP contribution in [-0.4, -0.2) is 10.2 Å². The molecule has 0 radical (unpaired) electrons. The number of fused-ring (bicyclic) bond motifs is 1. The molecule has 1 N–H and O–H groups in total. The second-order valence-electron chi connectivity index (χ2n) is 2.63. The summed E-state index contributed by atoms with van der Waals surface area (Å²) < 4.78 is 2.28. The van der Waals surface area contributed by atoms with Gasteiger partial charge in [0.2, 0.25) is 0 Å². The summed E-state index contributed by atoms with van der Waals surface area (Å²) in [5.74, 6) is -0.115. The Morgan fingerprint density at radius 3 is 2.85 bits per heavy atom. The molecule has 13 heavy (non-hydrogen) atoms. The first kappa shape index (κ1) is 8.12. The van der Waals surface area contributed by atoms with Crippen LogP contribution in [0.2, 0.25) is 0 Å². The van der Waals surface area contributed by atoms with E-state index in [4.69, 9.17) is 0 Å². The summed E-state index contributed by atoms with van der Waals surface area (Å²) in [6.07, 6.45) is 3.43. The molecule has 1 aliphatic carbocycles. The first-order chi connectivity index (χ1) is 6.20. The van der Waals surface area contributed by atoms with Crippen LogP contribution in [0.3, 0.4) is 0 Å². The van der Waals surface area contributed by atoms with Crippen LogP contribution in [0.1, 0.15) is 21.7 Å². The summed E-state index contributed by atoms with van der Waals surface area (Å²) in [6.45, 7) is 0. The van der Waals surface area contributed by atoms with Crippen LogP contribution >= 0.6 is 11.5 Å². The lowest BCUT2D eigenvalue weighted by molar-refractivity contribution is 0.0998. The van der Waals surface area contributed by atoms with Crippen LogP contribution in [-0.2, 0) is 0 Å². The van der Waals surface area contributed by atoms with Crippen molar-refractivity contribution in [1.29, 1.82) is 0 Å². The van der Waals surface area contributed by atoms with Crippen molar-refractivity contribution in [2.75, 3.05) is 0 Å². The van der Waals surface area contributed by atoms with E-state index in [9.17, 15) is 14.4 Å². The first-order valence-electron chi connectivity index (χ1n) is 3.65. The zero-order chi connectivity index (χ0) is 9.42. The summed E-state index contributed by atoms with van der Waals surface area (Å²) in [4.78, 5) is 33.7. The lowest BCUT2D eigenvalue weighted by Crippen LogP contribution is -2.30. The fraction of sp³-hybridized carbons (Fsp3) is 0.125. The van der Waals surface area contributed by atoms with E-state index in [1.807, 2.05) is 0 Å². The molecule has 0 aliphatic heterocycles. The highest BCUT2D eigenvalue weighted by molar-refractivity contribution is 7.08. The Balaban J connectivity index is 2.87. The number of allylic oxidation sites excluding steroid dienone is 1. The van der Waals surface area contributed by atoms with Crippen molar-refractivity contribution in [3.05, 3.63) is 37.1 Å². The number of ketones is 1. The average molecular weight is 195 g/mol. The number of rotatable bonds is 0. The van der Waals surface area contributed by atoms with Crippen molar-refractivity contribution in [3.8, 4) is 0 Å². The molecule has 0 spiro atoms. The van der Waals surface area contributed by atoms with Crippen LogP contribution in [0, 0.1) is 0 Å². The van der Waals surface area contributed by atoms with Gasteiger partial charge >= 0.3 is 5.56 Å². The van der Waals surface area contributed by atoms with Crippen molar-refractivity contribution < 1.29 is 4.79 Å². The minimum atomic E-state index is -0.664. The molecule has 66 valence electrons. The Labute approximate surface area is 76.7 Å². The maximum absolute atomic E-state index is 11.2. The van der Waals surface area contributed by atoms with Crippen LogP contribution in [0.15, 0.2) is 15.7 Å². The average Bonchev–Trinajstić information content (AvgIpc) is 2.12. The molecule has 1 heterocycles. The number of H-pyrrole nitrogens is 1. The van der Waals surface area contributed by atoms with Gasteiger partial charge in [-0.05, 0) is 0 Å². The standard InChI is InChI=1S/C8H5NO3S/c10-5-3-1-2-4-6(11)8(12)9-13-7(4)5/h1-2H,3H2,(H,9,12). The zero-order valence-electron chi connectivity index (χ0n) is 6.49. The van der Waals surface area contributed by atoms with Crippen LogP contribution < -0.4 is 11.0 Å². The topological polar surface area (TPSA) is 67.0 Å². The molecule has 1 aromatic rings. The van der Waals surface area contributed by atoms with Crippen molar-refractivity contribution in [1.82, 2.24) is 4.37 Å². The highest BCUT2D eigenvalue weighted by Gasteiger charge is 2.17. The Hall–Kier alpha value is -1.49. The molecule has 0 amide bonds. The molecule has 1 aliphatic rings.